The Kier molecular flexibility index (Phi) is 16.0. The van der Waals surface area contributed by atoms with E-state index in [1.807, 2.05) is 0 Å². The van der Waals surface area contributed by atoms with E-state index in [-0.39, 0.29) is 35.8 Å². The van der Waals surface area contributed by atoms with E-state index in [0.717, 1.165) is 0 Å². The fourth-order valence-electron chi connectivity index (χ4n) is 5.18. The maximum atomic E-state index is 12.1. The fourth-order valence-corrected chi connectivity index (χ4v) is 5.18. The number of carbonyl (C=O) groups is 1. The Bertz CT molecular complexity index is 1140. The van der Waals surface area contributed by atoms with Crippen LogP contribution < -0.4 is 27.4 Å². The number of hydrogen-bond donors (Lipinski definition) is 16. The van der Waals surface area contributed by atoms with Crippen LogP contribution in [0.25, 0.3) is 0 Å². The summed E-state index contributed by atoms with van der Waals surface area (Å²) in [4.78, 5) is 12.1. The van der Waals surface area contributed by atoms with Crippen LogP contribution in [0.15, 0.2) is 0 Å². The van der Waals surface area contributed by atoms with E-state index >= 15 is 0 Å². The topological polar surface area (TPSA) is 406 Å². The molecule has 0 aromatic carbocycles. The van der Waals surface area contributed by atoms with Crippen molar-refractivity contribution in [2.45, 2.75) is 98.2 Å². The van der Waals surface area contributed by atoms with E-state index in [0.29, 0.717) is 0 Å². The van der Waals surface area contributed by atoms with E-state index in [2.05, 4.69) is 16.0 Å². The molecule has 25 heteroatoms. The molecule has 15 atom stereocenters. The van der Waals surface area contributed by atoms with Gasteiger partial charge in [-0.3, -0.25) is 24.7 Å². The van der Waals surface area contributed by atoms with Gasteiger partial charge in [-0.05, 0) is 14.0 Å². The molecular weight excluding hydrogens is 661 g/mol. The summed E-state index contributed by atoms with van der Waals surface area (Å²) in [5.41, 5.74) is 8.38. The first-order valence-electron chi connectivity index (χ1n) is 13.1. The zero-order valence-electron chi connectivity index (χ0n) is 23.8. The molecule has 264 valence electrons. The van der Waals surface area contributed by atoms with Crippen LogP contribution in [0.1, 0.15) is 6.92 Å². The van der Waals surface area contributed by atoms with Gasteiger partial charge in [0.2, 0.25) is 0 Å². The number of carbonyl (C=O) groups excluding carboxylic acids is 1. The second-order valence-electron chi connectivity index (χ2n) is 10.4. The first kappa shape index (κ1) is 42.6. The van der Waals surface area contributed by atoms with Crippen molar-refractivity contribution in [2.24, 2.45) is 11.5 Å². The van der Waals surface area contributed by atoms with Gasteiger partial charge in [-0.2, -0.15) is 8.42 Å². The monoisotopic (exact) mass is 703 g/mol. The molecule has 0 amide bonds. The predicted octanol–water partition coefficient (Wildman–Crippen LogP) is -9.04. The third kappa shape index (κ3) is 10.1. The summed E-state index contributed by atoms with van der Waals surface area (Å²) in [6.07, 6.45) is -17.3. The van der Waals surface area contributed by atoms with E-state index in [9.17, 15) is 40.5 Å². The van der Waals surface area contributed by atoms with Crippen molar-refractivity contribution in [3.8, 4) is 0 Å². The molecule has 46 heavy (non-hydrogen) atoms. The molecule has 3 fully saturated rings. The number of aldehydes is 1. The second-order valence-corrected chi connectivity index (χ2v) is 11.3. The Hall–Kier alpha value is -1.40. The van der Waals surface area contributed by atoms with Crippen molar-refractivity contribution >= 4 is 58.2 Å². The Morgan fingerprint density at radius 1 is 0.891 bits per heavy atom. The zero-order chi connectivity index (χ0) is 34.6. The van der Waals surface area contributed by atoms with Gasteiger partial charge in [0.05, 0.1) is 36.9 Å². The quantitative estimate of drug-likeness (QED) is 0.0348. The Balaban J connectivity index is 0.00000163. The van der Waals surface area contributed by atoms with E-state index in [1.54, 1.807) is 0 Å². The minimum atomic E-state index is -4.67. The van der Waals surface area contributed by atoms with Crippen LogP contribution >= 0.6 is 0 Å². The first-order chi connectivity index (χ1) is 20.7. The van der Waals surface area contributed by atoms with Crippen molar-refractivity contribution in [2.75, 3.05) is 13.7 Å². The number of guanidine groups is 2. The van der Waals surface area contributed by atoms with Gasteiger partial charge in [0.15, 0.2) is 36.4 Å². The average molecular weight is 704 g/mol. The average Bonchev–Trinajstić information content (AvgIpc) is 3.16. The van der Waals surface area contributed by atoms with E-state index in [1.165, 1.54) is 14.0 Å². The van der Waals surface area contributed by atoms with Gasteiger partial charge >= 0.3 is 40.0 Å². The maximum absolute atomic E-state index is 12.1. The Morgan fingerprint density at radius 2 is 1.39 bits per heavy atom. The van der Waals surface area contributed by atoms with Crippen LogP contribution in [0, 0.1) is 10.8 Å². The van der Waals surface area contributed by atoms with Crippen LogP contribution in [0.5, 0.6) is 0 Å². The third-order valence-corrected chi connectivity index (χ3v) is 7.46. The molecule has 3 aliphatic rings. The van der Waals surface area contributed by atoms with Crippen LogP contribution in [-0.4, -0.2) is 206 Å². The molecule has 3 rings (SSSR count). The summed E-state index contributed by atoms with van der Waals surface area (Å²) >= 11 is 0. The van der Waals surface area contributed by atoms with Crippen molar-refractivity contribution < 1.29 is 77.0 Å². The molecule has 0 unspecified atom stereocenters. The minimum absolute atomic E-state index is 0. The molecule has 2 saturated heterocycles. The second kappa shape index (κ2) is 17.3. The fraction of sp³-hybridized carbons (Fsp3) is 0.857. The standard InChI is InChI=1S/C21H39N7O12.Na.H2O4S.H/c1-5-21(36,4-30)16(40-17-9(26-2)13(34)10(31)6(3-29)38-17)18(37-5)39-15-8(28-20(24)25)11(32)7(27-19(22)23)12(33)14(15)35;;1-5(2,3)4;/h4-18,26,29,31-36H,3H2,1-2H3,(H4,22,23,27)(H4,24,25,28);;(H2,1,2,3,4);/t5-,6-,7+,8-,9-,10-,11+,12-,13-,14+,15+,16-,17-,18-,21+;;;/m0.../s1. The van der Waals surface area contributed by atoms with Crippen LogP contribution in [0.3, 0.4) is 0 Å². The molecule has 2 aliphatic heterocycles. The molecule has 23 nitrogen and oxygen atoms in total. The molecule has 18 N–H and O–H groups in total. The van der Waals surface area contributed by atoms with Crippen molar-refractivity contribution in [3.63, 3.8) is 0 Å². The molecule has 0 aromatic rings. The first-order valence-corrected chi connectivity index (χ1v) is 14.5. The van der Waals surface area contributed by atoms with Crippen molar-refractivity contribution in [1.82, 2.24) is 16.0 Å². The summed E-state index contributed by atoms with van der Waals surface area (Å²) in [7, 11) is -3.25. The van der Waals surface area contributed by atoms with Gasteiger partial charge in [0.1, 0.15) is 42.7 Å². The third-order valence-electron chi connectivity index (χ3n) is 7.46. The Labute approximate surface area is 284 Å². The number of aliphatic hydroxyl groups excluding tert-OH is 6. The van der Waals surface area contributed by atoms with Crippen LogP contribution in [0.4, 0.5) is 0 Å². The molecular formula is C21H42N7NaO16S. The number of aliphatic hydroxyl groups is 7. The van der Waals surface area contributed by atoms with Gasteiger partial charge in [0.25, 0.3) is 0 Å². The van der Waals surface area contributed by atoms with Gasteiger partial charge < -0.3 is 82.1 Å². The van der Waals surface area contributed by atoms with Gasteiger partial charge in [-0.25, -0.2) is 0 Å². The number of likely N-dealkylation sites (N-methyl/N-ethyl adjacent to an activating group) is 1. The van der Waals surface area contributed by atoms with Crippen LogP contribution in [-0.2, 0) is 34.1 Å². The molecule has 0 spiro atoms. The SMILES string of the molecule is CN[C@@H]1[C@H](O[C@H]2[C@H](O[C@H]3[C@H](O)[C@@H](O)[C@H](NC(=N)N)[C@@H](O)[C@@H]3NC(=N)N)O[C@@H](C)[C@]2(O)C=O)O[C@@H](CO)[C@H](O)[C@H]1O.O=S(=O)(O)O.[NaH]. The summed E-state index contributed by atoms with van der Waals surface area (Å²) in [5.74, 6) is -1.29. The molecule has 2 heterocycles. The number of nitrogens with one attached hydrogen (secondary N) is 5. The summed E-state index contributed by atoms with van der Waals surface area (Å²) in [6.45, 7) is 0.613. The number of rotatable bonds is 9. The summed E-state index contributed by atoms with van der Waals surface area (Å²) in [6, 6.07) is -3.95. The number of nitrogens with two attached hydrogens (primary N) is 2. The van der Waals surface area contributed by atoms with E-state index < -0.39 is 120 Å². The molecule has 0 bridgehead atoms. The van der Waals surface area contributed by atoms with E-state index in [4.69, 9.17) is 58.8 Å². The van der Waals surface area contributed by atoms with Crippen LogP contribution in [0.2, 0.25) is 0 Å². The molecule has 0 radical (unpaired) electrons. The van der Waals surface area contributed by atoms with Gasteiger partial charge in [0, 0.05) is 0 Å². The summed E-state index contributed by atoms with van der Waals surface area (Å²) < 4.78 is 54.5. The predicted molar refractivity (Wildman–Crippen MR) is 153 cm³/mol. The van der Waals surface area contributed by atoms with Crippen molar-refractivity contribution in [3.05, 3.63) is 0 Å². The summed E-state index contributed by atoms with van der Waals surface area (Å²) in [5, 5.41) is 96.4. The Morgan fingerprint density at radius 3 is 1.85 bits per heavy atom. The molecule has 0 aromatic heterocycles. The van der Waals surface area contributed by atoms with Gasteiger partial charge in [-0.15, -0.1) is 0 Å². The van der Waals surface area contributed by atoms with Gasteiger partial charge in [-0.1, -0.05) is 0 Å². The molecule has 1 aliphatic carbocycles. The number of hydrogen-bond acceptors (Lipinski definition) is 17. The molecule has 1 saturated carbocycles. The zero-order valence-corrected chi connectivity index (χ0v) is 24.6. The normalized spacial score (nSPS) is 42.5. The number of ether oxygens (including phenoxy) is 4. The van der Waals surface area contributed by atoms with Crippen molar-refractivity contribution in [1.29, 1.82) is 10.8 Å².